The van der Waals surface area contributed by atoms with Crippen LogP contribution in [0, 0.1) is 17.2 Å². The maximum atomic E-state index is 8.72. The number of halogens is 1. The van der Waals surface area contributed by atoms with Gasteiger partial charge in [-0.25, -0.2) is 0 Å². The van der Waals surface area contributed by atoms with Gasteiger partial charge in [0, 0.05) is 0 Å². The summed E-state index contributed by atoms with van der Waals surface area (Å²) in [5.41, 5.74) is 0.677. The molecule has 2 rings (SSSR count). The highest BCUT2D eigenvalue weighted by molar-refractivity contribution is 5.85. The topological polar surface area (TPSA) is 36.3 Å². The Morgan fingerprint density at radius 1 is 1.19 bits per heavy atom. The molecular weight excluding hydrogens is 284 g/mol. The number of ether oxygens (including phenoxy) is 1. The number of hydrogen-bond donors (Lipinski definition) is 0. The molecule has 3 nitrogen and oxygen atoms in total. The first-order valence-electron chi connectivity index (χ1n) is 7.63. The van der Waals surface area contributed by atoms with Gasteiger partial charge in [-0.1, -0.05) is 6.92 Å². The van der Waals surface area contributed by atoms with Gasteiger partial charge in [0.2, 0.25) is 0 Å². The number of nitrogens with zero attached hydrogens (tertiary/aromatic N) is 2. The lowest BCUT2D eigenvalue weighted by molar-refractivity contribution is 0.185. The Balaban J connectivity index is 0.00000220. The van der Waals surface area contributed by atoms with E-state index in [1.807, 2.05) is 12.1 Å². The summed E-state index contributed by atoms with van der Waals surface area (Å²) in [7, 11) is 0. The maximum Gasteiger partial charge on any atom is 0.119 e. The molecule has 0 aliphatic carbocycles. The summed E-state index contributed by atoms with van der Waals surface area (Å²) in [5.74, 6) is 1.77. The van der Waals surface area contributed by atoms with Crippen LogP contribution in [-0.4, -0.2) is 31.1 Å². The molecule has 0 atom stereocenters. The second-order valence-electron chi connectivity index (χ2n) is 5.72. The van der Waals surface area contributed by atoms with Crippen molar-refractivity contribution in [3.05, 3.63) is 29.8 Å². The predicted octanol–water partition coefficient (Wildman–Crippen LogP) is 3.87. The molecular formula is C17H25ClN2O. The van der Waals surface area contributed by atoms with Gasteiger partial charge in [0.1, 0.15) is 5.75 Å². The number of hydrogen-bond acceptors (Lipinski definition) is 3. The zero-order valence-electron chi connectivity index (χ0n) is 12.8. The molecule has 1 aromatic carbocycles. The van der Waals surface area contributed by atoms with Crippen LogP contribution >= 0.6 is 12.4 Å². The first kappa shape index (κ1) is 17.8. The fraction of sp³-hybridized carbons (Fsp3) is 0.588. The van der Waals surface area contributed by atoms with Gasteiger partial charge in [0.15, 0.2) is 0 Å². The Kier molecular flexibility index (Phi) is 8.19. The number of benzene rings is 1. The Bertz CT molecular complexity index is 433. The molecule has 1 saturated heterocycles. The highest BCUT2D eigenvalue weighted by atomic mass is 35.5. The van der Waals surface area contributed by atoms with Crippen molar-refractivity contribution in [1.29, 1.82) is 5.26 Å². The lowest BCUT2D eigenvalue weighted by atomic mass is 9.99. The van der Waals surface area contributed by atoms with Gasteiger partial charge in [-0.2, -0.15) is 5.26 Å². The minimum absolute atomic E-state index is 0. The van der Waals surface area contributed by atoms with Crippen molar-refractivity contribution in [3.8, 4) is 11.8 Å². The first-order valence-corrected chi connectivity index (χ1v) is 7.63. The second kappa shape index (κ2) is 9.65. The SMILES string of the molecule is CC1CCN(CCCCOc2ccc(C#N)cc2)CC1.Cl. The molecule has 21 heavy (non-hydrogen) atoms. The van der Waals surface area contributed by atoms with Crippen LogP contribution in [0.4, 0.5) is 0 Å². The Labute approximate surface area is 134 Å². The summed E-state index contributed by atoms with van der Waals surface area (Å²) >= 11 is 0. The van der Waals surface area contributed by atoms with E-state index in [0.29, 0.717) is 5.56 Å². The summed E-state index contributed by atoms with van der Waals surface area (Å²) in [6, 6.07) is 9.43. The normalized spacial score (nSPS) is 16.0. The van der Waals surface area contributed by atoms with E-state index in [1.54, 1.807) is 12.1 Å². The van der Waals surface area contributed by atoms with E-state index in [4.69, 9.17) is 10.00 Å². The summed E-state index contributed by atoms with van der Waals surface area (Å²) in [5, 5.41) is 8.72. The minimum atomic E-state index is 0. The van der Waals surface area contributed by atoms with Crippen molar-refractivity contribution in [2.45, 2.75) is 32.6 Å². The van der Waals surface area contributed by atoms with Gasteiger partial charge in [-0.15, -0.1) is 12.4 Å². The Hall–Kier alpha value is -1.24. The largest absolute Gasteiger partial charge is 0.494 e. The van der Waals surface area contributed by atoms with Gasteiger partial charge in [0.05, 0.1) is 18.2 Å². The molecule has 0 radical (unpaired) electrons. The van der Waals surface area contributed by atoms with Crippen molar-refractivity contribution in [2.24, 2.45) is 5.92 Å². The van der Waals surface area contributed by atoms with Crippen LogP contribution in [0.3, 0.4) is 0 Å². The van der Waals surface area contributed by atoms with Crippen LogP contribution < -0.4 is 4.74 Å². The maximum absolute atomic E-state index is 8.72. The number of unbranched alkanes of at least 4 members (excludes halogenated alkanes) is 1. The molecule has 0 amide bonds. The fourth-order valence-corrected chi connectivity index (χ4v) is 2.54. The first-order chi connectivity index (χ1) is 9.78. The standard InChI is InChI=1S/C17H24N2O.ClH/c1-15-8-11-19(12-9-15)10-2-3-13-20-17-6-4-16(14-18)5-7-17;/h4-7,15H,2-3,8-13H2,1H3;1H. The Morgan fingerprint density at radius 3 is 2.48 bits per heavy atom. The molecule has 0 bridgehead atoms. The van der Waals surface area contributed by atoms with Crippen molar-refractivity contribution in [1.82, 2.24) is 4.90 Å². The monoisotopic (exact) mass is 308 g/mol. The molecule has 1 aromatic rings. The van der Waals surface area contributed by atoms with E-state index < -0.39 is 0 Å². The van der Waals surface area contributed by atoms with Gasteiger partial charge in [-0.05, 0) is 75.5 Å². The van der Waals surface area contributed by atoms with E-state index in [9.17, 15) is 0 Å². The molecule has 1 heterocycles. The van der Waals surface area contributed by atoms with E-state index in [1.165, 1.54) is 38.9 Å². The van der Waals surface area contributed by atoms with E-state index >= 15 is 0 Å². The number of likely N-dealkylation sites (tertiary alicyclic amines) is 1. The highest BCUT2D eigenvalue weighted by Crippen LogP contribution is 2.16. The second-order valence-corrected chi connectivity index (χ2v) is 5.72. The molecule has 1 fully saturated rings. The molecule has 116 valence electrons. The summed E-state index contributed by atoms with van der Waals surface area (Å²) in [6.07, 6.45) is 4.99. The fourth-order valence-electron chi connectivity index (χ4n) is 2.54. The van der Waals surface area contributed by atoms with E-state index in [2.05, 4.69) is 17.9 Å². The van der Waals surface area contributed by atoms with Gasteiger partial charge < -0.3 is 9.64 Å². The van der Waals surface area contributed by atoms with Crippen LogP contribution in [0.1, 0.15) is 38.2 Å². The third kappa shape index (κ3) is 6.37. The van der Waals surface area contributed by atoms with Gasteiger partial charge in [0.25, 0.3) is 0 Å². The molecule has 1 aliphatic rings. The smallest absolute Gasteiger partial charge is 0.119 e. The van der Waals surface area contributed by atoms with Gasteiger partial charge >= 0.3 is 0 Å². The zero-order valence-corrected chi connectivity index (χ0v) is 13.6. The molecule has 0 N–H and O–H groups in total. The zero-order chi connectivity index (χ0) is 14.2. The molecule has 0 aromatic heterocycles. The van der Waals surface area contributed by atoms with E-state index in [0.717, 1.165) is 24.7 Å². The van der Waals surface area contributed by atoms with Crippen molar-refractivity contribution < 1.29 is 4.74 Å². The molecule has 4 heteroatoms. The van der Waals surface area contributed by atoms with E-state index in [-0.39, 0.29) is 12.4 Å². The predicted molar refractivity (Wildman–Crippen MR) is 88.0 cm³/mol. The Morgan fingerprint density at radius 2 is 1.86 bits per heavy atom. The quantitative estimate of drug-likeness (QED) is 0.748. The van der Waals surface area contributed by atoms with Crippen molar-refractivity contribution in [3.63, 3.8) is 0 Å². The van der Waals surface area contributed by atoms with Gasteiger partial charge in [-0.3, -0.25) is 0 Å². The van der Waals surface area contributed by atoms with Crippen molar-refractivity contribution in [2.75, 3.05) is 26.2 Å². The summed E-state index contributed by atoms with van der Waals surface area (Å²) < 4.78 is 5.68. The third-order valence-electron chi connectivity index (χ3n) is 4.00. The van der Waals surface area contributed by atoms with Crippen LogP contribution in [-0.2, 0) is 0 Å². The van der Waals surface area contributed by atoms with Crippen LogP contribution in [0.2, 0.25) is 0 Å². The number of piperidine rings is 1. The third-order valence-corrected chi connectivity index (χ3v) is 4.00. The van der Waals surface area contributed by atoms with Crippen LogP contribution in [0.5, 0.6) is 5.75 Å². The summed E-state index contributed by atoms with van der Waals surface area (Å²) in [4.78, 5) is 2.57. The molecule has 1 aliphatic heterocycles. The molecule has 0 unspecified atom stereocenters. The summed E-state index contributed by atoms with van der Waals surface area (Å²) in [6.45, 7) is 6.83. The average molecular weight is 309 g/mol. The average Bonchev–Trinajstić information content (AvgIpc) is 2.49. The van der Waals surface area contributed by atoms with Crippen molar-refractivity contribution >= 4 is 12.4 Å². The van der Waals surface area contributed by atoms with Crippen LogP contribution in [0.25, 0.3) is 0 Å². The lowest BCUT2D eigenvalue weighted by Crippen LogP contribution is -2.33. The highest BCUT2D eigenvalue weighted by Gasteiger charge is 2.14. The van der Waals surface area contributed by atoms with Crippen LogP contribution in [0.15, 0.2) is 24.3 Å². The number of rotatable bonds is 6. The lowest BCUT2D eigenvalue weighted by Gasteiger charge is -2.30. The molecule has 0 saturated carbocycles. The minimum Gasteiger partial charge on any atom is -0.494 e. The number of nitriles is 1. The molecule has 0 spiro atoms.